The number of para-hydroxylation sites is 1. The number of benzene rings is 1. The fourth-order valence-corrected chi connectivity index (χ4v) is 2.71. The van der Waals surface area contributed by atoms with Gasteiger partial charge in [0, 0.05) is 25.8 Å². The summed E-state index contributed by atoms with van der Waals surface area (Å²) in [4.78, 5) is 4.65. The highest BCUT2D eigenvalue weighted by Crippen LogP contribution is 2.26. The van der Waals surface area contributed by atoms with Gasteiger partial charge in [-0.25, -0.2) is 4.99 Å². The molecule has 0 atom stereocenters. The van der Waals surface area contributed by atoms with Crippen LogP contribution in [0, 0.1) is 0 Å². The second-order valence-corrected chi connectivity index (χ2v) is 5.75. The molecular formula is C18H29N3O2. The Morgan fingerprint density at radius 3 is 2.74 bits per heavy atom. The van der Waals surface area contributed by atoms with Crippen molar-refractivity contribution in [2.75, 3.05) is 26.8 Å². The van der Waals surface area contributed by atoms with Gasteiger partial charge in [-0.1, -0.05) is 18.2 Å². The zero-order valence-electron chi connectivity index (χ0n) is 14.3. The van der Waals surface area contributed by atoms with Crippen LogP contribution >= 0.6 is 0 Å². The number of guanidine groups is 1. The van der Waals surface area contributed by atoms with E-state index in [1.54, 1.807) is 7.11 Å². The summed E-state index contributed by atoms with van der Waals surface area (Å²) in [5.41, 5.74) is 1.13. The number of methoxy groups -OCH3 is 1. The third-order valence-electron chi connectivity index (χ3n) is 3.92. The number of nitrogens with one attached hydrogen (secondary N) is 2. The Labute approximate surface area is 139 Å². The molecule has 23 heavy (non-hydrogen) atoms. The third kappa shape index (κ3) is 6.10. The molecule has 0 aromatic heterocycles. The zero-order chi connectivity index (χ0) is 16.3. The lowest BCUT2D eigenvalue weighted by Gasteiger charge is -2.16. The molecule has 5 nitrogen and oxygen atoms in total. The van der Waals surface area contributed by atoms with Gasteiger partial charge in [-0.3, -0.25) is 0 Å². The predicted octanol–water partition coefficient (Wildman–Crippen LogP) is 2.71. The number of aliphatic imine (C=N–C) groups is 1. The SMILES string of the molecule is CCNC(=NCc1ccccc1OC1CCCC1)NCCOC. The first-order valence-electron chi connectivity index (χ1n) is 8.59. The minimum absolute atomic E-state index is 0.369. The number of nitrogens with zero attached hydrogens (tertiary/aromatic N) is 1. The molecule has 1 aromatic carbocycles. The van der Waals surface area contributed by atoms with Crippen molar-refractivity contribution in [2.24, 2.45) is 4.99 Å². The summed E-state index contributed by atoms with van der Waals surface area (Å²) in [5, 5.41) is 6.50. The van der Waals surface area contributed by atoms with Crippen LogP contribution in [-0.2, 0) is 11.3 Å². The Bertz CT molecular complexity index is 485. The van der Waals surface area contributed by atoms with Gasteiger partial charge in [-0.05, 0) is 38.7 Å². The van der Waals surface area contributed by atoms with Crippen LogP contribution in [0.5, 0.6) is 5.75 Å². The highest BCUT2D eigenvalue weighted by atomic mass is 16.5. The van der Waals surface area contributed by atoms with E-state index >= 15 is 0 Å². The molecule has 1 aliphatic rings. The largest absolute Gasteiger partial charge is 0.490 e. The Balaban J connectivity index is 1.97. The molecule has 1 aromatic rings. The van der Waals surface area contributed by atoms with Crippen LogP contribution < -0.4 is 15.4 Å². The molecule has 1 saturated carbocycles. The lowest BCUT2D eigenvalue weighted by Crippen LogP contribution is -2.38. The van der Waals surface area contributed by atoms with Gasteiger partial charge in [0.1, 0.15) is 5.75 Å². The van der Waals surface area contributed by atoms with E-state index in [0.717, 1.165) is 30.4 Å². The first-order chi connectivity index (χ1) is 11.3. The van der Waals surface area contributed by atoms with Gasteiger partial charge in [-0.2, -0.15) is 0 Å². The van der Waals surface area contributed by atoms with Crippen LogP contribution in [0.25, 0.3) is 0 Å². The van der Waals surface area contributed by atoms with Gasteiger partial charge in [0.25, 0.3) is 0 Å². The molecule has 0 spiro atoms. The van der Waals surface area contributed by atoms with Gasteiger partial charge in [0.05, 0.1) is 19.3 Å². The summed E-state index contributed by atoms with van der Waals surface area (Å²) >= 11 is 0. The summed E-state index contributed by atoms with van der Waals surface area (Å²) in [5.74, 6) is 1.77. The Morgan fingerprint density at radius 2 is 2.00 bits per heavy atom. The average molecular weight is 319 g/mol. The number of rotatable bonds is 8. The van der Waals surface area contributed by atoms with Gasteiger partial charge >= 0.3 is 0 Å². The van der Waals surface area contributed by atoms with Crippen molar-refractivity contribution in [2.45, 2.75) is 45.3 Å². The summed E-state index contributed by atoms with van der Waals surface area (Å²) in [6.45, 7) is 4.89. The average Bonchev–Trinajstić information content (AvgIpc) is 3.07. The van der Waals surface area contributed by atoms with Gasteiger partial charge in [-0.15, -0.1) is 0 Å². The van der Waals surface area contributed by atoms with Crippen molar-refractivity contribution in [1.82, 2.24) is 10.6 Å². The lowest BCUT2D eigenvalue weighted by molar-refractivity contribution is 0.203. The maximum Gasteiger partial charge on any atom is 0.191 e. The van der Waals surface area contributed by atoms with E-state index in [2.05, 4.69) is 34.7 Å². The predicted molar refractivity (Wildman–Crippen MR) is 94.0 cm³/mol. The Kier molecular flexibility index (Phi) is 7.73. The maximum absolute atomic E-state index is 6.17. The van der Waals surface area contributed by atoms with E-state index in [4.69, 9.17) is 9.47 Å². The van der Waals surface area contributed by atoms with Crippen LogP contribution in [0.15, 0.2) is 29.3 Å². The van der Waals surface area contributed by atoms with Crippen molar-refractivity contribution in [3.8, 4) is 5.75 Å². The van der Waals surface area contributed by atoms with Crippen LogP contribution in [0.3, 0.4) is 0 Å². The molecule has 2 N–H and O–H groups in total. The Morgan fingerprint density at radius 1 is 1.22 bits per heavy atom. The van der Waals surface area contributed by atoms with Crippen molar-refractivity contribution in [3.05, 3.63) is 29.8 Å². The number of ether oxygens (including phenoxy) is 2. The van der Waals surface area contributed by atoms with E-state index in [1.165, 1.54) is 25.7 Å². The molecule has 5 heteroatoms. The summed E-state index contributed by atoms with van der Waals surface area (Å²) in [6.07, 6.45) is 5.25. The number of hydrogen-bond donors (Lipinski definition) is 2. The van der Waals surface area contributed by atoms with Gasteiger partial charge in [0.2, 0.25) is 0 Å². The topological polar surface area (TPSA) is 54.9 Å². The van der Waals surface area contributed by atoms with Gasteiger partial charge < -0.3 is 20.1 Å². The van der Waals surface area contributed by atoms with Crippen molar-refractivity contribution >= 4 is 5.96 Å². The van der Waals surface area contributed by atoms with E-state index in [-0.39, 0.29) is 0 Å². The smallest absolute Gasteiger partial charge is 0.191 e. The summed E-state index contributed by atoms with van der Waals surface area (Å²) < 4.78 is 11.2. The zero-order valence-corrected chi connectivity index (χ0v) is 14.3. The molecule has 1 aliphatic carbocycles. The van der Waals surface area contributed by atoms with E-state index in [9.17, 15) is 0 Å². The Hall–Kier alpha value is -1.75. The standard InChI is InChI=1S/C18H29N3O2/c1-3-19-18(20-12-13-22-2)21-14-15-8-4-7-11-17(15)23-16-9-5-6-10-16/h4,7-8,11,16H,3,5-6,9-10,12-14H2,1-2H3,(H2,19,20,21). The molecule has 2 rings (SSSR count). The first kappa shape index (κ1) is 17.6. The molecule has 0 unspecified atom stereocenters. The van der Waals surface area contributed by atoms with Crippen molar-refractivity contribution < 1.29 is 9.47 Å². The van der Waals surface area contributed by atoms with Gasteiger partial charge in [0.15, 0.2) is 5.96 Å². The molecule has 1 fully saturated rings. The molecule has 0 amide bonds. The molecule has 0 saturated heterocycles. The minimum Gasteiger partial charge on any atom is -0.490 e. The highest BCUT2D eigenvalue weighted by molar-refractivity contribution is 5.79. The monoisotopic (exact) mass is 319 g/mol. The van der Waals surface area contributed by atoms with Crippen LogP contribution in [0.4, 0.5) is 0 Å². The lowest BCUT2D eigenvalue weighted by atomic mass is 10.2. The van der Waals surface area contributed by atoms with Crippen molar-refractivity contribution in [3.63, 3.8) is 0 Å². The fraction of sp³-hybridized carbons (Fsp3) is 0.611. The molecule has 128 valence electrons. The van der Waals surface area contributed by atoms with Crippen molar-refractivity contribution in [1.29, 1.82) is 0 Å². The fourth-order valence-electron chi connectivity index (χ4n) is 2.71. The van der Waals surface area contributed by atoms with Crippen LogP contribution in [0.2, 0.25) is 0 Å². The molecule has 0 aliphatic heterocycles. The second kappa shape index (κ2) is 10.1. The minimum atomic E-state index is 0.369. The first-order valence-corrected chi connectivity index (χ1v) is 8.59. The second-order valence-electron chi connectivity index (χ2n) is 5.75. The van der Waals surface area contributed by atoms with Crippen LogP contribution in [0.1, 0.15) is 38.2 Å². The van der Waals surface area contributed by atoms with Crippen LogP contribution in [-0.4, -0.2) is 38.9 Å². The molecule has 0 bridgehead atoms. The normalized spacial score (nSPS) is 15.7. The maximum atomic E-state index is 6.17. The van der Waals surface area contributed by atoms with E-state index in [1.807, 2.05) is 12.1 Å². The summed E-state index contributed by atoms with van der Waals surface area (Å²) in [6, 6.07) is 8.21. The number of hydrogen-bond acceptors (Lipinski definition) is 3. The quantitative estimate of drug-likeness (QED) is 0.439. The summed E-state index contributed by atoms with van der Waals surface area (Å²) in [7, 11) is 1.70. The third-order valence-corrected chi connectivity index (χ3v) is 3.92. The highest BCUT2D eigenvalue weighted by Gasteiger charge is 2.17. The molecular weight excluding hydrogens is 290 g/mol. The van der Waals surface area contributed by atoms with E-state index < -0.39 is 0 Å². The molecule has 0 radical (unpaired) electrons. The molecule has 0 heterocycles. The van der Waals surface area contributed by atoms with E-state index in [0.29, 0.717) is 19.3 Å².